The summed E-state index contributed by atoms with van der Waals surface area (Å²) in [5.41, 5.74) is 1.05. The smallest absolute Gasteiger partial charge is 0.340 e. The first-order valence-electron chi connectivity index (χ1n) is 8.92. The van der Waals surface area contributed by atoms with Gasteiger partial charge in [-0.05, 0) is 56.4 Å². The Balaban J connectivity index is 0.00000261. The van der Waals surface area contributed by atoms with E-state index in [0.29, 0.717) is 12.2 Å². The van der Waals surface area contributed by atoms with E-state index in [2.05, 4.69) is 18.7 Å². The van der Waals surface area contributed by atoms with Gasteiger partial charge in [0.15, 0.2) is 0 Å². The fourth-order valence-electron chi connectivity index (χ4n) is 3.24. The van der Waals surface area contributed by atoms with Crippen LogP contribution in [0.5, 0.6) is 0 Å². The zero-order valence-electron chi connectivity index (χ0n) is 15.4. The first-order valence-corrected chi connectivity index (χ1v) is 9.73. The maximum Gasteiger partial charge on any atom is 0.416 e. The normalized spacial score (nSPS) is 13.2. The molecule has 0 fully saturated rings. The van der Waals surface area contributed by atoms with Crippen molar-refractivity contribution in [3.63, 3.8) is 0 Å². The topological polar surface area (TPSA) is 6.48 Å². The second-order valence-corrected chi connectivity index (χ2v) is 7.37. The van der Waals surface area contributed by atoms with E-state index in [1.165, 1.54) is 23.9 Å². The van der Waals surface area contributed by atoms with Crippen molar-refractivity contribution in [2.24, 2.45) is 0 Å². The zero-order valence-corrected chi connectivity index (χ0v) is 17.1. The third-order valence-corrected chi connectivity index (χ3v) is 5.83. The van der Waals surface area contributed by atoms with Gasteiger partial charge in [-0.3, -0.25) is 0 Å². The Morgan fingerprint density at radius 3 is 2.30 bits per heavy atom. The number of benzene rings is 2. The van der Waals surface area contributed by atoms with Crippen LogP contribution in [0.2, 0.25) is 0 Å². The van der Waals surface area contributed by atoms with E-state index in [-0.39, 0.29) is 12.4 Å². The number of anilines is 2. The fourth-order valence-corrected chi connectivity index (χ4v) is 4.31. The van der Waals surface area contributed by atoms with Crippen molar-refractivity contribution < 1.29 is 13.2 Å². The summed E-state index contributed by atoms with van der Waals surface area (Å²) in [4.78, 5) is 6.33. The molecule has 0 aliphatic carbocycles. The predicted octanol–water partition coefficient (Wildman–Crippen LogP) is 6.46. The summed E-state index contributed by atoms with van der Waals surface area (Å²) < 4.78 is 39.6. The zero-order chi connectivity index (χ0) is 18.7. The van der Waals surface area contributed by atoms with Gasteiger partial charge in [0, 0.05) is 16.3 Å². The molecule has 0 unspecified atom stereocenters. The highest BCUT2D eigenvalue weighted by atomic mass is 35.5. The van der Waals surface area contributed by atoms with Crippen molar-refractivity contribution in [2.75, 3.05) is 31.1 Å². The predicted molar refractivity (Wildman–Crippen MR) is 109 cm³/mol. The summed E-state index contributed by atoms with van der Waals surface area (Å²) in [6, 6.07) is 12.0. The van der Waals surface area contributed by atoms with E-state index < -0.39 is 11.7 Å². The molecule has 0 bridgehead atoms. The molecule has 0 N–H and O–H groups in total. The van der Waals surface area contributed by atoms with Crippen molar-refractivity contribution >= 4 is 35.5 Å². The van der Waals surface area contributed by atoms with Gasteiger partial charge in [-0.1, -0.05) is 37.7 Å². The summed E-state index contributed by atoms with van der Waals surface area (Å²) in [6.45, 7) is 7.85. The Kier molecular flexibility index (Phi) is 7.48. The number of rotatable bonds is 6. The van der Waals surface area contributed by atoms with Crippen molar-refractivity contribution in [3.05, 3.63) is 48.0 Å². The van der Waals surface area contributed by atoms with Crippen LogP contribution in [0.15, 0.2) is 52.3 Å². The van der Waals surface area contributed by atoms with Crippen molar-refractivity contribution in [1.29, 1.82) is 0 Å². The van der Waals surface area contributed by atoms with E-state index in [4.69, 9.17) is 0 Å². The Hall–Kier alpha value is -1.37. The number of fused-ring (bicyclic) bond motifs is 2. The van der Waals surface area contributed by atoms with Crippen LogP contribution in [-0.2, 0) is 6.18 Å². The lowest BCUT2D eigenvalue weighted by Crippen LogP contribution is -2.29. The van der Waals surface area contributed by atoms with Crippen LogP contribution in [0, 0.1) is 0 Å². The van der Waals surface area contributed by atoms with E-state index >= 15 is 0 Å². The molecule has 27 heavy (non-hydrogen) atoms. The Morgan fingerprint density at radius 1 is 0.963 bits per heavy atom. The highest BCUT2D eigenvalue weighted by molar-refractivity contribution is 7.99. The summed E-state index contributed by atoms with van der Waals surface area (Å²) in [5, 5.41) is 0. The molecule has 148 valence electrons. The second kappa shape index (κ2) is 9.22. The Labute approximate surface area is 169 Å². The van der Waals surface area contributed by atoms with E-state index in [1.54, 1.807) is 6.07 Å². The van der Waals surface area contributed by atoms with Gasteiger partial charge < -0.3 is 9.80 Å². The van der Waals surface area contributed by atoms with E-state index in [1.807, 2.05) is 29.2 Å². The summed E-state index contributed by atoms with van der Waals surface area (Å²) in [7, 11) is 0. The standard InChI is InChI=1S/C20H23F3N2S.ClH/c1-3-24(4-2)12-7-13-25-16-8-5-6-9-18(16)26-19-11-10-15(14-17(19)25)20(21,22)23;/h5-6,8-11,14H,3-4,7,12-13H2,1-2H3;1H. The lowest BCUT2D eigenvalue weighted by Gasteiger charge is -2.34. The van der Waals surface area contributed by atoms with Crippen LogP contribution in [0.4, 0.5) is 24.5 Å². The third-order valence-electron chi connectivity index (χ3n) is 4.70. The van der Waals surface area contributed by atoms with Crippen LogP contribution < -0.4 is 4.90 Å². The number of nitrogens with zero attached hydrogens (tertiary/aromatic N) is 2. The molecular weight excluding hydrogens is 393 g/mol. The van der Waals surface area contributed by atoms with Crippen molar-refractivity contribution in [3.8, 4) is 0 Å². The SMILES string of the molecule is CCN(CC)CCCN1c2ccccc2Sc2ccc(C(F)(F)F)cc21.Cl. The van der Waals surface area contributed by atoms with Gasteiger partial charge in [-0.2, -0.15) is 13.2 Å². The molecule has 2 aromatic rings. The molecule has 3 rings (SSSR count). The van der Waals surface area contributed by atoms with Gasteiger partial charge in [-0.15, -0.1) is 12.4 Å². The summed E-state index contributed by atoms with van der Waals surface area (Å²) in [5.74, 6) is 0. The van der Waals surface area contributed by atoms with Gasteiger partial charge in [0.25, 0.3) is 0 Å². The molecule has 0 aromatic heterocycles. The van der Waals surface area contributed by atoms with Gasteiger partial charge in [0.05, 0.1) is 16.9 Å². The molecular formula is C20H24ClF3N2S. The van der Waals surface area contributed by atoms with E-state index in [9.17, 15) is 13.2 Å². The lowest BCUT2D eigenvalue weighted by atomic mass is 10.1. The Bertz CT molecular complexity index is 763. The quantitative estimate of drug-likeness (QED) is 0.533. The molecule has 0 saturated carbocycles. The number of para-hydroxylation sites is 1. The largest absolute Gasteiger partial charge is 0.416 e. The van der Waals surface area contributed by atoms with Crippen molar-refractivity contribution in [2.45, 2.75) is 36.2 Å². The van der Waals surface area contributed by atoms with Crippen LogP contribution >= 0.6 is 24.2 Å². The first-order chi connectivity index (χ1) is 12.4. The molecule has 1 aliphatic heterocycles. The van der Waals surface area contributed by atoms with Gasteiger partial charge in [0.2, 0.25) is 0 Å². The average molecular weight is 417 g/mol. The van der Waals surface area contributed by atoms with Gasteiger partial charge in [0.1, 0.15) is 0 Å². The fraction of sp³-hybridized carbons (Fsp3) is 0.400. The molecule has 0 amide bonds. The van der Waals surface area contributed by atoms with Crippen molar-refractivity contribution in [1.82, 2.24) is 4.90 Å². The minimum Gasteiger partial charge on any atom is -0.340 e. The van der Waals surface area contributed by atoms with E-state index in [0.717, 1.165) is 41.5 Å². The summed E-state index contributed by atoms with van der Waals surface area (Å²) in [6.07, 6.45) is -3.43. The molecule has 0 saturated heterocycles. The number of hydrogen-bond acceptors (Lipinski definition) is 3. The molecule has 2 aromatic carbocycles. The number of halogens is 4. The van der Waals surface area contributed by atoms with Gasteiger partial charge in [-0.25, -0.2) is 0 Å². The first kappa shape index (κ1) is 21.9. The summed E-state index contributed by atoms with van der Waals surface area (Å²) >= 11 is 1.53. The lowest BCUT2D eigenvalue weighted by molar-refractivity contribution is -0.137. The average Bonchev–Trinajstić information content (AvgIpc) is 2.63. The van der Waals surface area contributed by atoms with Crippen LogP contribution in [-0.4, -0.2) is 31.1 Å². The minimum atomic E-state index is -4.33. The molecule has 0 atom stereocenters. The monoisotopic (exact) mass is 416 g/mol. The third kappa shape index (κ3) is 4.92. The van der Waals surface area contributed by atoms with Crippen LogP contribution in [0.3, 0.4) is 0 Å². The second-order valence-electron chi connectivity index (χ2n) is 6.28. The van der Waals surface area contributed by atoms with Gasteiger partial charge >= 0.3 is 6.18 Å². The molecule has 1 aliphatic rings. The molecule has 0 radical (unpaired) electrons. The molecule has 2 nitrogen and oxygen atoms in total. The maximum absolute atomic E-state index is 13.2. The minimum absolute atomic E-state index is 0. The number of alkyl halides is 3. The molecule has 1 heterocycles. The Morgan fingerprint density at radius 2 is 1.63 bits per heavy atom. The molecule has 7 heteroatoms. The van der Waals surface area contributed by atoms with Crippen LogP contribution in [0.1, 0.15) is 25.8 Å². The number of hydrogen-bond donors (Lipinski definition) is 0. The maximum atomic E-state index is 13.2. The van der Waals surface area contributed by atoms with Crippen LogP contribution in [0.25, 0.3) is 0 Å². The highest BCUT2D eigenvalue weighted by Crippen LogP contribution is 2.49. The molecule has 0 spiro atoms. The highest BCUT2D eigenvalue weighted by Gasteiger charge is 2.33.